The first-order valence-corrected chi connectivity index (χ1v) is 5.22. The molecule has 2 rings (SSSR count). The highest BCUT2D eigenvalue weighted by Gasteiger charge is 2.12. The van der Waals surface area contributed by atoms with E-state index in [1.807, 2.05) is 31.2 Å². The van der Waals surface area contributed by atoms with Crippen molar-refractivity contribution in [2.45, 2.75) is 19.4 Å². The highest BCUT2D eigenvalue weighted by atomic mass is 35.5. The van der Waals surface area contributed by atoms with Gasteiger partial charge < -0.3 is 10.7 Å². The Morgan fingerprint density at radius 1 is 1.53 bits per heavy atom. The molecule has 0 unspecified atom stereocenters. The largest absolute Gasteiger partial charge is 0.324 e. The maximum absolute atomic E-state index is 11.5. The van der Waals surface area contributed by atoms with Gasteiger partial charge in [0.25, 0.3) is 0 Å². The summed E-state index contributed by atoms with van der Waals surface area (Å²) in [5, 5.41) is 2.65. The van der Waals surface area contributed by atoms with Gasteiger partial charge >= 0.3 is 0 Å². The van der Waals surface area contributed by atoms with E-state index in [0.29, 0.717) is 12.4 Å². The van der Waals surface area contributed by atoms with Crippen LogP contribution in [0.4, 0.5) is 5.95 Å². The molecule has 0 aliphatic rings. The van der Waals surface area contributed by atoms with Gasteiger partial charge in [0.1, 0.15) is 0 Å². The Labute approximate surface area is 105 Å². The molecule has 0 bridgehead atoms. The highest BCUT2D eigenvalue weighted by Crippen LogP contribution is 2.13. The Hall–Kier alpha value is -1.59. The number of fused-ring (bicyclic) bond motifs is 1. The molecule has 0 aliphatic carbocycles. The van der Waals surface area contributed by atoms with E-state index in [-0.39, 0.29) is 18.3 Å². The highest BCUT2D eigenvalue weighted by molar-refractivity contribution is 5.94. The zero-order valence-corrected chi connectivity index (χ0v) is 10.3. The third-order valence-electron chi connectivity index (χ3n) is 2.41. The Bertz CT molecular complexity index is 478. The minimum atomic E-state index is -0.492. The van der Waals surface area contributed by atoms with Gasteiger partial charge in [0.05, 0.1) is 17.1 Å². The zero-order chi connectivity index (χ0) is 11.5. The van der Waals surface area contributed by atoms with Crippen molar-refractivity contribution in [2.75, 3.05) is 5.32 Å². The fraction of sp³-hybridized carbons (Fsp3) is 0.273. The number of amides is 1. The van der Waals surface area contributed by atoms with Crippen molar-refractivity contribution in [3.63, 3.8) is 0 Å². The number of anilines is 1. The summed E-state index contributed by atoms with van der Waals surface area (Å²) in [4.78, 5) is 18.8. The molecule has 5 nitrogen and oxygen atoms in total. The SMILES string of the molecule is CC[C@H](N)C(=O)Nc1nc2ccccc2[nH]1.Cl. The van der Waals surface area contributed by atoms with E-state index in [9.17, 15) is 4.79 Å². The zero-order valence-electron chi connectivity index (χ0n) is 9.43. The first kappa shape index (κ1) is 13.5. The fourth-order valence-electron chi connectivity index (χ4n) is 1.41. The number of imidazole rings is 1. The molecule has 1 heterocycles. The van der Waals surface area contributed by atoms with Gasteiger partial charge in [-0.3, -0.25) is 10.1 Å². The minimum absolute atomic E-state index is 0. The molecule has 0 saturated heterocycles. The number of carbonyl (C=O) groups is 1. The fourth-order valence-corrected chi connectivity index (χ4v) is 1.41. The molecule has 2 aromatic rings. The van der Waals surface area contributed by atoms with Crippen LogP contribution in [-0.2, 0) is 4.79 Å². The second-order valence-electron chi connectivity index (χ2n) is 3.61. The average Bonchev–Trinajstić information content (AvgIpc) is 2.69. The Morgan fingerprint density at radius 2 is 2.24 bits per heavy atom. The molecule has 4 N–H and O–H groups in total. The number of halogens is 1. The van der Waals surface area contributed by atoms with Crippen LogP contribution in [0.3, 0.4) is 0 Å². The number of hydrogen-bond donors (Lipinski definition) is 3. The second kappa shape index (κ2) is 5.65. The van der Waals surface area contributed by atoms with Crippen LogP contribution >= 0.6 is 12.4 Å². The number of nitrogens with one attached hydrogen (secondary N) is 2. The number of nitrogens with zero attached hydrogens (tertiary/aromatic N) is 1. The second-order valence-corrected chi connectivity index (χ2v) is 3.61. The van der Waals surface area contributed by atoms with Crippen LogP contribution in [0.1, 0.15) is 13.3 Å². The number of aromatic nitrogens is 2. The van der Waals surface area contributed by atoms with Gasteiger partial charge in [-0.15, -0.1) is 12.4 Å². The third-order valence-corrected chi connectivity index (χ3v) is 2.41. The summed E-state index contributed by atoms with van der Waals surface area (Å²) in [6.45, 7) is 1.86. The lowest BCUT2D eigenvalue weighted by molar-refractivity contribution is -0.117. The summed E-state index contributed by atoms with van der Waals surface area (Å²) >= 11 is 0. The summed E-state index contributed by atoms with van der Waals surface area (Å²) in [7, 11) is 0. The average molecular weight is 255 g/mol. The third kappa shape index (κ3) is 2.95. The van der Waals surface area contributed by atoms with E-state index in [2.05, 4.69) is 15.3 Å². The van der Waals surface area contributed by atoms with E-state index in [1.165, 1.54) is 0 Å². The minimum Gasteiger partial charge on any atom is -0.324 e. The van der Waals surface area contributed by atoms with Crippen LogP contribution < -0.4 is 11.1 Å². The lowest BCUT2D eigenvalue weighted by Crippen LogP contribution is -2.35. The Balaban J connectivity index is 0.00000144. The number of benzene rings is 1. The van der Waals surface area contributed by atoms with Gasteiger partial charge in [-0.1, -0.05) is 19.1 Å². The van der Waals surface area contributed by atoms with Crippen LogP contribution in [-0.4, -0.2) is 21.9 Å². The number of carbonyl (C=O) groups excluding carboxylic acids is 1. The van der Waals surface area contributed by atoms with E-state index in [1.54, 1.807) is 0 Å². The summed E-state index contributed by atoms with van der Waals surface area (Å²) < 4.78 is 0. The van der Waals surface area contributed by atoms with Gasteiger partial charge in [0, 0.05) is 0 Å². The molecule has 0 fully saturated rings. The number of hydrogen-bond acceptors (Lipinski definition) is 3. The topological polar surface area (TPSA) is 83.8 Å². The number of para-hydroxylation sites is 2. The van der Waals surface area contributed by atoms with Crippen molar-refractivity contribution in [3.05, 3.63) is 24.3 Å². The van der Waals surface area contributed by atoms with Crippen molar-refractivity contribution in [3.8, 4) is 0 Å². The first-order valence-electron chi connectivity index (χ1n) is 5.22. The number of H-pyrrole nitrogens is 1. The molecule has 0 spiro atoms. The Morgan fingerprint density at radius 3 is 2.88 bits per heavy atom. The molecule has 0 aliphatic heterocycles. The lowest BCUT2D eigenvalue weighted by Gasteiger charge is -2.06. The summed E-state index contributed by atoms with van der Waals surface area (Å²) in [5.41, 5.74) is 7.32. The predicted octanol–water partition coefficient (Wildman–Crippen LogP) is 1.66. The van der Waals surface area contributed by atoms with Gasteiger partial charge in [0.2, 0.25) is 11.9 Å². The maximum Gasteiger partial charge on any atom is 0.243 e. The van der Waals surface area contributed by atoms with Gasteiger partial charge in [-0.25, -0.2) is 4.98 Å². The van der Waals surface area contributed by atoms with E-state index in [0.717, 1.165) is 11.0 Å². The lowest BCUT2D eigenvalue weighted by atomic mass is 10.2. The molecule has 0 saturated carbocycles. The van der Waals surface area contributed by atoms with Crippen LogP contribution in [0, 0.1) is 0 Å². The van der Waals surface area contributed by atoms with E-state index in [4.69, 9.17) is 5.73 Å². The molecular weight excluding hydrogens is 240 g/mol. The normalized spacial score (nSPS) is 11.9. The van der Waals surface area contributed by atoms with E-state index >= 15 is 0 Å². The molecule has 0 radical (unpaired) electrons. The maximum atomic E-state index is 11.5. The van der Waals surface area contributed by atoms with Crippen LogP contribution in [0.5, 0.6) is 0 Å². The molecule has 1 aromatic heterocycles. The Kier molecular flexibility index (Phi) is 4.48. The summed E-state index contributed by atoms with van der Waals surface area (Å²) in [5.74, 6) is 0.219. The quantitative estimate of drug-likeness (QED) is 0.779. The van der Waals surface area contributed by atoms with Crippen molar-refractivity contribution in [1.29, 1.82) is 0 Å². The van der Waals surface area contributed by atoms with Crippen molar-refractivity contribution in [2.24, 2.45) is 5.73 Å². The molecule has 92 valence electrons. The first-order chi connectivity index (χ1) is 7.70. The molecule has 1 amide bonds. The van der Waals surface area contributed by atoms with Gasteiger partial charge in [0.15, 0.2) is 0 Å². The van der Waals surface area contributed by atoms with Crippen molar-refractivity contribution >= 4 is 35.3 Å². The van der Waals surface area contributed by atoms with Crippen LogP contribution in [0.25, 0.3) is 11.0 Å². The molecule has 1 atom stereocenters. The van der Waals surface area contributed by atoms with Crippen LogP contribution in [0.15, 0.2) is 24.3 Å². The summed E-state index contributed by atoms with van der Waals surface area (Å²) in [6, 6.07) is 7.09. The predicted molar refractivity (Wildman–Crippen MR) is 70.2 cm³/mol. The van der Waals surface area contributed by atoms with Gasteiger partial charge in [-0.2, -0.15) is 0 Å². The number of aromatic amines is 1. The molecular formula is C11H15ClN4O. The van der Waals surface area contributed by atoms with Crippen molar-refractivity contribution in [1.82, 2.24) is 9.97 Å². The van der Waals surface area contributed by atoms with Gasteiger partial charge in [-0.05, 0) is 18.6 Å². The smallest absolute Gasteiger partial charge is 0.243 e. The number of nitrogens with two attached hydrogens (primary N) is 1. The summed E-state index contributed by atoms with van der Waals surface area (Å²) in [6.07, 6.45) is 0.603. The molecule has 17 heavy (non-hydrogen) atoms. The van der Waals surface area contributed by atoms with Crippen molar-refractivity contribution < 1.29 is 4.79 Å². The molecule has 1 aromatic carbocycles. The standard InChI is InChI=1S/C11H14N4O.ClH/c1-2-7(12)10(16)15-11-13-8-5-3-4-6-9(8)14-11;/h3-7H,2,12H2,1H3,(H2,13,14,15,16);1H/t7-;/m0./s1. The number of rotatable bonds is 3. The molecule has 6 heteroatoms. The van der Waals surface area contributed by atoms with Crippen LogP contribution in [0.2, 0.25) is 0 Å². The monoisotopic (exact) mass is 254 g/mol. The van der Waals surface area contributed by atoms with E-state index < -0.39 is 6.04 Å².